The second kappa shape index (κ2) is 3.73. The summed E-state index contributed by atoms with van der Waals surface area (Å²) >= 11 is 0. The summed E-state index contributed by atoms with van der Waals surface area (Å²) in [7, 11) is 0. The molecule has 2 aliphatic rings. The molecule has 1 aliphatic heterocycles. The van der Waals surface area contributed by atoms with Gasteiger partial charge in [-0.05, 0) is 38.8 Å². The number of piperidine rings is 1. The molecule has 0 aromatic heterocycles. The molecule has 1 saturated heterocycles. The molecule has 0 aromatic carbocycles. The number of rotatable bonds is 2. The number of hydrogen-bond acceptors (Lipinski definition) is 3. The highest BCUT2D eigenvalue weighted by Gasteiger charge is 2.30. The van der Waals surface area contributed by atoms with Crippen LogP contribution in [0.4, 0.5) is 0 Å². The van der Waals surface area contributed by atoms with E-state index in [-0.39, 0.29) is 6.10 Å². The summed E-state index contributed by atoms with van der Waals surface area (Å²) in [5.74, 6) is 0. The van der Waals surface area contributed by atoms with Gasteiger partial charge in [-0.25, -0.2) is 0 Å². The minimum atomic E-state index is -0.0864. The van der Waals surface area contributed by atoms with E-state index in [0.29, 0.717) is 12.2 Å². The molecular weight excluding hydrogens is 154 g/mol. The van der Waals surface area contributed by atoms with Gasteiger partial charge in [0.1, 0.15) is 0 Å². The van der Waals surface area contributed by atoms with E-state index in [0.717, 1.165) is 38.8 Å². The van der Waals surface area contributed by atoms with Gasteiger partial charge >= 0.3 is 0 Å². The smallest absolute Gasteiger partial charge is 0.0628 e. The third-order valence-corrected chi connectivity index (χ3v) is 2.74. The summed E-state index contributed by atoms with van der Waals surface area (Å²) in [6.45, 7) is 2.17. The van der Waals surface area contributed by atoms with Gasteiger partial charge in [0.2, 0.25) is 0 Å². The minimum Gasteiger partial charge on any atom is -0.393 e. The van der Waals surface area contributed by atoms with Crippen molar-refractivity contribution in [3.05, 3.63) is 0 Å². The fraction of sp³-hybridized carbons (Fsp3) is 1.00. The van der Waals surface area contributed by atoms with Crippen LogP contribution in [0.25, 0.3) is 0 Å². The van der Waals surface area contributed by atoms with E-state index in [9.17, 15) is 0 Å². The third kappa shape index (κ3) is 1.97. The van der Waals surface area contributed by atoms with Crippen LogP contribution in [0.15, 0.2) is 0 Å². The molecule has 0 radical (unpaired) electrons. The molecule has 12 heavy (non-hydrogen) atoms. The lowest BCUT2D eigenvalue weighted by atomic mass is 9.92. The van der Waals surface area contributed by atoms with Gasteiger partial charge in [-0.2, -0.15) is 0 Å². The average molecular weight is 171 g/mol. The average Bonchev–Trinajstić information content (AvgIpc) is 2.04. The lowest BCUT2D eigenvalue weighted by Crippen LogP contribution is -2.41. The van der Waals surface area contributed by atoms with Crippen molar-refractivity contribution in [1.82, 2.24) is 5.32 Å². The Hall–Kier alpha value is -0.120. The third-order valence-electron chi connectivity index (χ3n) is 2.74. The van der Waals surface area contributed by atoms with Crippen molar-refractivity contribution >= 4 is 0 Å². The van der Waals surface area contributed by atoms with Gasteiger partial charge in [-0.3, -0.25) is 0 Å². The first-order valence-corrected chi connectivity index (χ1v) is 4.89. The molecule has 3 nitrogen and oxygen atoms in total. The van der Waals surface area contributed by atoms with Crippen molar-refractivity contribution in [3.8, 4) is 0 Å². The normalized spacial score (nSPS) is 37.8. The van der Waals surface area contributed by atoms with Crippen molar-refractivity contribution in [1.29, 1.82) is 0 Å². The Kier molecular flexibility index (Phi) is 2.63. The Morgan fingerprint density at radius 2 is 1.75 bits per heavy atom. The lowest BCUT2D eigenvalue weighted by Gasteiger charge is -2.35. The molecule has 0 bridgehead atoms. The Balaban J connectivity index is 1.65. The van der Waals surface area contributed by atoms with E-state index in [1.807, 2.05) is 0 Å². The van der Waals surface area contributed by atoms with Gasteiger partial charge < -0.3 is 15.2 Å². The molecule has 2 N–H and O–H groups in total. The molecule has 70 valence electrons. The van der Waals surface area contributed by atoms with E-state index >= 15 is 0 Å². The number of nitrogens with one attached hydrogen (secondary N) is 1. The molecule has 0 atom stereocenters. The second-order valence-corrected chi connectivity index (χ2v) is 3.83. The lowest BCUT2D eigenvalue weighted by molar-refractivity contribution is -0.110. The maximum absolute atomic E-state index is 9.06. The Morgan fingerprint density at radius 3 is 2.33 bits per heavy atom. The van der Waals surface area contributed by atoms with Crippen LogP contribution in [0, 0.1) is 0 Å². The topological polar surface area (TPSA) is 41.5 Å². The monoisotopic (exact) mass is 171 g/mol. The fourth-order valence-corrected chi connectivity index (χ4v) is 1.85. The van der Waals surface area contributed by atoms with E-state index in [2.05, 4.69) is 5.32 Å². The number of hydrogen-bond donors (Lipinski definition) is 2. The molecule has 2 rings (SSSR count). The molecule has 2 fully saturated rings. The van der Waals surface area contributed by atoms with Gasteiger partial charge in [0, 0.05) is 0 Å². The van der Waals surface area contributed by atoms with Crippen molar-refractivity contribution in [3.63, 3.8) is 0 Å². The number of aliphatic hydroxyl groups is 1. The highest BCUT2D eigenvalue weighted by Crippen LogP contribution is 2.25. The van der Waals surface area contributed by atoms with Crippen LogP contribution in [-0.4, -0.2) is 36.5 Å². The van der Waals surface area contributed by atoms with Gasteiger partial charge in [0.25, 0.3) is 0 Å². The SMILES string of the molecule is O[C@H]1C[C@@H](OC2CCNCC2)C1. The Morgan fingerprint density at radius 1 is 1.08 bits per heavy atom. The zero-order valence-electron chi connectivity index (χ0n) is 7.33. The summed E-state index contributed by atoms with van der Waals surface area (Å²) in [5.41, 5.74) is 0. The molecule has 1 heterocycles. The van der Waals surface area contributed by atoms with Crippen LogP contribution in [0.1, 0.15) is 25.7 Å². The predicted octanol–water partition coefficient (Wildman–Crippen LogP) is 0.278. The van der Waals surface area contributed by atoms with Crippen LogP contribution in [0.5, 0.6) is 0 Å². The summed E-state index contributed by atoms with van der Waals surface area (Å²) in [6.07, 6.45) is 4.68. The predicted molar refractivity (Wildman–Crippen MR) is 46.0 cm³/mol. The van der Waals surface area contributed by atoms with Gasteiger partial charge in [0.05, 0.1) is 18.3 Å². The molecule has 3 heteroatoms. The first-order chi connectivity index (χ1) is 5.84. The zero-order valence-corrected chi connectivity index (χ0v) is 7.33. The van der Waals surface area contributed by atoms with Crippen molar-refractivity contribution in [2.75, 3.05) is 13.1 Å². The minimum absolute atomic E-state index is 0.0864. The molecule has 1 saturated carbocycles. The standard InChI is InChI=1S/C9H17NO2/c11-7-5-9(6-7)12-8-1-3-10-4-2-8/h7-11H,1-6H2/t7-,9+. The molecule has 0 spiro atoms. The molecule has 0 unspecified atom stereocenters. The van der Waals surface area contributed by atoms with Crippen LogP contribution in [0.2, 0.25) is 0 Å². The summed E-state index contributed by atoms with van der Waals surface area (Å²) < 4.78 is 5.80. The van der Waals surface area contributed by atoms with E-state index in [1.54, 1.807) is 0 Å². The van der Waals surface area contributed by atoms with Gasteiger partial charge in [-0.15, -0.1) is 0 Å². The number of ether oxygens (including phenoxy) is 1. The first kappa shape index (κ1) is 8.48. The quantitative estimate of drug-likeness (QED) is 0.627. The van der Waals surface area contributed by atoms with Crippen LogP contribution in [-0.2, 0) is 4.74 Å². The summed E-state index contributed by atoms with van der Waals surface area (Å²) in [5, 5.41) is 12.4. The summed E-state index contributed by atoms with van der Waals surface area (Å²) in [4.78, 5) is 0. The second-order valence-electron chi connectivity index (χ2n) is 3.83. The van der Waals surface area contributed by atoms with Crippen LogP contribution < -0.4 is 5.32 Å². The summed E-state index contributed by atoms with van der Waals surface area (Å²) in [6, 6.07) is 0. The van der Waals surface area contributed by atoms with E-state index < -0.39 is 0 Å². The van der Waals surface area contributed by atoms with E-state index in [1.165, 1.54) is 0 Å². The molecular formula is C9H17NO2. The van der Waals surface area contributed by atoms with Crippen LogP contribution in [0.3, 0.4) is 0 Å². The van der Waals surface area contributed by atoms with Crippen LogP contribution >= 0.6 is 0 Å². The van der Waals surface area contributed by atoms with Crippen molar-refractivity contribution in [2.45, 2.75) is 44.0 Å². The van der Waals surface area contributed by atoms with E-state index in [4.69, 9.17) is 9.84 Å². The molecule has 0 aromatic rings. The van der Waals surface area contributed by atoms with Crippen molar-refractivity contribution in [2.24, 2.45) is 0 Å². The van der Waals surface area contributed by atoms with Crippen molar-refractivity contribution < 1.29 is 9.84 Å². The first-order valence-electron chi connectivity index (χ1n) is 4.89. The van der Waals surface area contributed by atoms with Gasteiger partial charge in [0.15, 0.2) is 0 Å². The largest absolute Gasteiger partial charge is 0.393 e. The van der Waals surface area contributed by atoms with Gasteiger partial charge in [-0.1, -0.05) is 0 Å². The fourth-order valence-electron chi connectivity index (χ4n) is 1.85. The maximum atomic E-state index is 9.06. The zero-order chi connectivity index (χ0) is 8.39. The molecule has 0 amide bonds. The highest BCUT2D eigenvalue weighted by molar-refractivity contribution is 4.81. The Bertz CT molecular complexity index is 139. The molecule has 1 aliphatic carbocycles. The highest BCUT2D eigenvalue weighted by atomic mass is 16.5. The Labute approximate surface area is 73.1 Å². The maximum Gasteiger partial charge on any atom is 0.0628 e. The number of aliphatic hydroxyl groups excluding tert-OH is 1.